The lowest BCUT2D eigenvalue weighted by Gasteiger charge is -2.31. The zero-order chi connectivity index (χ0) is 25.6. The average molecular weight is 485 g/mol. The molecule has 2 amide bonds. The fourth-order valence-corrected chi connectivity index (χ4v) is 4.09. The summed E-state index contributed by atoms with van der Waals surface area (Å²) in [6.07, 6.45) is 3.49. The van der Waals surface area contributed by atoms with Crippen LogP contribution in [0.25, 0.3) is 0 Å². The number of nitrogens with zero attached hydrogens (tertiary/aromatic N) is 2. The van der Waals surface area contributed by atoms with Crippen molar-refractivity contribution in [3.63, 3.8) is 0 Å². The lowest BCUT2D eigenvalue weighted by Crippen LogP contribution is -2.47. The van der Waals surface area contributed by atoms with E-state index in [4.69, 9.17) is 16.9 Å². The average Bonchev–Trinajstić information content (AvgIpc) is 3.11. The molecule has 0 saturated carbocycles. The van der Waals surface area contributed by atoms with Crippen LogP contribution in [-0.2, 0) is 16.0 Å². The SMILES string of the molecule is C=C(NCC(=O)NC(CCCN)C(=C)N1CCCN(C(=N)N)CC1)C(Cc1ccccc1)NC=O. The predicted molar refractivity (Wildman–Crippen MR) is 139 cm³/mol. The van der Waals surface area contributed by atoms with Gasteiger partial charge >= 0.3 is 0 Å². The van der Waals surface area contributed by atoms with Gasteiger partial charge < -0.3 is 37.2 Å². The molecule has 8 N–H and O–H groups in total. The van der Waals surface area contributed by atoms with E-state index in [1.807, 2.05) is 35.2 Å². The summed E-state index contributed by atoms with van der Waals surface area (Å²) in [6.45, 7) is 11.7. The van der Waals surface area contributed by atoms with Crippen molar-refractivity contribution in [1.82, 2.24) is 25.8 Å². The zero-order valence-corrected chi connectivity index (χ0v) is 20.5. The van der Waals surface area contributed by atoms with Crippen LogP contribution in [0.4, 0.5) is 0 Å². The summed E-state index contributed by atoms with van der Waals surface area (Å²) < 4.78 is 0. The van der Waals surface area contributed by atoms with Crippen LogP contribution in [0.15, 0.2) is 54.9 Å². The number of nitrogens with two attached hydrogens (primary N) is 2. The maximum Gasteiger partial charge on any atom is 0.239 e. The van der Waals surface area contributed by atoms with Crippen LogP contribution in [0.1, 0.15) is 24.8 Å². The smallest absolute Gasteiger partial charge is 0.239 e. The van der Waals surface area contributed by atoms with Gasteiger partial charge in [0.1, 0.15) is 0 Å². The Balaban J connectivity index is 1.93. The van der Waals surface area contributed by atoms with E-state index < -0.39 is 0 Å². The molecule has 2 atom stereocenters. The predicted octanol–water partition coefficient (Wildman–Crippen LogP) is 0.0856. The molecule has 1 aromatic rings. The maximum absolute atomic E-state index is 12.8. The Bertz CT molecular complexity index is 860. The fraction of sp³-hybridized carbons (Fsp3) is 0.480. The minimum absolute atomic E-state index is 0.0230. The van der Waals surface area contributed by atoms with Gasteiger partial charge in [-0.15, -0.1) is 0 Å². The van der Waals surface area contributed by atoms with Gasteiger partial charge in [-0.1, -0.05) is 43.5 Å². The first-order valence-corrected chi connectivity index (χ1v) is 12.0. The largest absolute Gasteiger partial charge is 0.378 e. The molecular weight excluding hydrogens is 444 g/mol. The van der Waals surface area contributed by atoms with Crippen molar-refractivity contribution in [3.8, 4) is 0 Å². The summed E-state index contributed by atoms with van der Waals surface area (Å²) in [5.74, 6) is -0.120. The number of guanidine groups is 1. The molecule has 0 aliphatic carbocycles. The van der Waals surface area contributed by atoms with Gasteiger partial charge in [-0.25, -0.2) is 0 Å². The van der Waals surface area contributed by atoms with Gasteiger partial charge in [-0.05, 0) is 37.8 Å². The third kappa shape index (κ3) is 9.32. The first kappa shape index (κ1) is 27.7. The second-order valence-corrected chi connectivity index (χ2v) is 8.66. The second kappa shape index (κ2) is 14.7. The minimum Gasteiger partial charge on any atom is -0.378 e. The highest BCUT2D eigenvalue weighted by Crippen LogP contribution is 2.15. The maximum atomic E-state index is 12.8. The van der Waals surface area contributed by atoms with Crippen molar-refractivity contribution in [1.29, 1.82) is 5.41 Å². The first-order valence-electron chi connectivity index (χ1n) is 12.0. The summed E-state index contributed by atoms with van der Waals surface area (Å²) in [7, 11) is 0. The van der Waals surface area contributed by atoms with E-state index in [2.05, 4.69) is 34.0 Å². The molecule has 1 saturated heterocycles. The Hall–Kier alpha value is -3.53. The van der Waals surface area contributed by atoms with Crippen LogP contribution >= 0.6 is 0 Å². The summed E-state index contributed by atoms with van der Waals surface area (Å²) in [4.78, 5) is 27.9. The number of rotatable bonds is 14. The summed E-state index contributed by atoms with van der Waals surface area (Å²) in [5, 5.41) is 16.6. The molecule has 0 spiro atoms. The van der Waals surface area contributed by atoms with E-state index in [0.29, 0.717) is 44.6 Å². The van der Waals surface area contributed by atoms with Crippen LogP contribution in [-0.4, -0.2) is 79.4 Å². The van der Waals surface area contributed by atoms with Gasteiger partial charge in [-0.2, -0.15) is 0 Å². The molecule has 2 unspecified atom stereocenters. The van der Waals surface area contributed by atoms with Crippen molar-refractivity contribution in [2.75, 3.05) is 39.3 Å². The standard InChI is InChI=1S/C25H40N8O2/c1-19(23(30-18-34)16-21-8-4-3-5-9-21)29-17-24(35)31-22(10-6-11-26)20(2)32-12-7-13-33(15-14-32)25(27)28/h3-5,8-9,18,22-23,29H,1-2,6-7,10-17,26H2,(H3,27,28)(H,30,34)(H,31,35). The van der Waals surface area contributed by atoms with Crippen molar-refractivity contribution < 1.29 is 9.59 Å². The Morgan fingerprint density at radius 2 is 1.80 bits per heavy atom. The lowest BCUT2D eigenvalue weighted by atomic mass is 10.0. The molecule has 1 aliphatic rings. The number of benzene rings is 1. The lowest BCUT2D eigenvalue weighted by molar-refractivity contribution is -0.120. The molecule has 1 aromatic carbocycles. The van der Waals surface area contributed by atoms with Gasteiger partial charge in [0, 0.05) is 37.6 Å². The topological polar surface area (TPSA) is 153 Å². The summed E-state index contributed by atoms with van der Waals surface area (Å²) >= 11 is 0. The number of carbonyl (C=O) groups excluding carboxylic acids is 2. The van der Waals surface area contributed by atoms with Crippen molar-refractivity contribution in [3.05, 3.63) is 60.4 Å². The molecule has 1 heterocycles. The number of hydrogen-bond acceptors (Lipinski definition) is 6. The summed E-state index contributed by atoms with van der Waals surface area (Å²) in [5.41, 5.74) is 13.8. The van der Waals surface area contributed by atoms with Gasteiger partial charge in [0.25, 0.3) is 0 Å². The first-order chi connectivity index (χ1) is 16.8. The highest BCUT2D eigenvalue weighted by Gasteiger charge is 2.23. The molecular formula is C25H40N8O2. The van der Waals surface area contributed by atoms with E-state index in [-0.39, 0.29) is 30.5 Å². The van der Waals surface area contributed by atoms with Crippen LogP contribution in [0.2, 0.25) is 0 Å². The van der Waals surface area contributed by atoms with Gasteiger partial charge in [-0.3, -0.25) is 15.0 Å². The highest BCUT2D eigenvalue weighted by molar-refractivity contribution is 5.79. The quantitative estimate of drug-likeness (QED) is 0.124. The Morgan fingerprint density at radius 1 is 1.11 bits per heavy atom. The van der Waals surface area contributed by atoms with Crippen molar-refractivity contribution >= 4 is 18.3 Å². The van der Waals surface area contributed by atoms with Gasteiger partial charge in [0.05, 0.1) is 18.6 Å². The molecule has 0 aromatic heterocycles. The van der Waals surface area contributed by atoms with E-state index in [9.17, 15) is 9.59 Å². The van der Waals surface area contributed by atoms with Crippen molar-refractivity contribution in [2.24, 2.45) is 11.5 Å². The van der Waals surface area contributed by atoms with E-state index in [1.165, 1.54) is 0 Å². The molecule has 2 rings (SSSR count). The minimum atomic E-state index is -0.341. The monoisotopic (exact) mass is 484 g/mol. The molecule has 192 valence electrons. The molecule has 10 heteroatoms. The van der Waals surface area contributed by atoms with E-state index >= 15 is 0 Å². The second-order valence-electron chi connectivity index (χ2n) is 8.66. The molecule has 35 heavy (non-hydrogen) atoms. The number of hydrogen-bond donors (Lipinski definition) is 6. The zero-order valence-electron chi connectivity index (χ0n) is 20.5. The van der Waals surface area contributed by atoms with Crippen LogP contribution in [0, 0.1) is 5.41 Å². The number of amides is 2. The Morgan fingerprint density at radius 3 is 2.46 bits per heavy atom. The fourth-order valence-electron chi connectivity index (χ4n) is 4.09. The summed E-state index contributed by atoms with van der Waals surface area (Å²) in [6, 6.07) is 9.17. The molecule has 1 aliphatic heterocycles. The van der Waals surface area contributed by atoms with Crippen LogP contribution in [0.3, 0.4) is 0 Å². The van der Waals surface area contributed by atoms with Crippen LogP contribution in [0.5, 0.6) is 0 Å². The van der Waals surface area contributed by atoms with Crippen molar-refractivity contribution in [2.45, 2.75) is 37.8 Å². The van der Waals surface area contributed by atoms with E-state index in [1.54, 1.807) is 0 Å². The Labute approximate surface area is 208 Å². The normalized spacial score (nSPS) is 15.3. The number of nitrogens with one attached hydrogen (secondary N) is 4. The third-order valence-electron chi connectivity index (χ3n) is 6.13. The third-order valence-corrected chi connectivity index (χ3v) is 6.13. The molecule has 1 fully saturated rings. The molecule has 10 nitrogen and oxygen atoms in total. The highest BCUT2D eigenvalue weighted by atomic mass is 16.2. The molecule has 0 bridgehead atoms. The van der Waals surface area contributed by atoms with Crippen LogP contribution < -0.4 is 27.4 Å². The molecule has 0 radical (unpaired) electrons. The van der Waals surface area contributed by atoms with Gasteiger partial charge in [0.2, 0.25) is 12.3 Å². The Kier molecular flexibility index (Phi) is 11.6. The van der Waals surface area contributed by atoms with Gasteiger partial charge in [0.15, 0.2) is 5.96 Å². The van der Waals surface area contributed by atoms with E-state index in [0.717, 1.165) is 37.2 Å². The number of carbonyl (C=O) groups is 2.